The molecule has 3 heterocycles. The lowest BCUT2D eigenvalue weighted by molar-refractivity contribution is -0.129. The van der Waals surface area contributed by atoms with Crippen LogP contribution in [0.15, 0.2) is 104 Å². The van der Waals surface area contributed by atoms with E-state index in [1.54, 1.807) is 64.4 Å². The molecular formula is C55H46Cl5N7O9. The molecule has 1 unspecified atom stereocenters. The molecule has 0 spiro atoms. The highest BCUT2D eigenvalue weighted by Gasteiger charge is 2.34. The van der Waals surface area contributed by atoms with E-state index in [1.807, 2.05) is 0 Å². The number of phenolic OH excluding ortho intramolecular Hbond substituents is 3. The molecule has 390 valence electrons. The maximum atomic E-state index is 13.7. The van der Waals surface area contributed by atoms with Crippen molar-refractivity contribution in [2.24, 2.45) is 0 Å². The van der Waals surface area contributed by atoms with Crippen molar-refractivity contribution in [1.29, 1.82) is 5.26 Å². The van der Waals surface area contributed by atoms with Crippen LogP contribution in [0.5, 0.6) is 17.2 Å². The summed E-state index contributed by atoms with van der Waals surface area (Å²) < 4.78 is 0. The largest absolute Gasteiger partial charge is 0.507 e. The van der Waals surface area contributed by atoms with Crippen LogP contribution in [0.4, 0.5) is 0 Å². The van der Waals surface area contributed by atoms with Gasteiger partial charge in [0.2, 0.25) is 17.7 Å². The fraction of sp³-hybridized carbons (Fsp3) is 0.218. The van der Waals surface area contributed by atoms with Gasteiger partial charge in [-0.15, -0.1) is 0 Å². The Morgan fingerprint density at radius 1 is 0.500 bits per heavy atom. The Balaban J connectivity index is 0.854. The van der Waals surface area contributed by atoms with Gasteiger partial charge in [-0.1, -0.05) is 88.8 Å². The second-order valence-electron chi connectivity index (χ2n) is 17.9. The molecule has 3 N–H and O–H groups in total. The Morgan fingerprint density at radius 3 is 1.55 bits per heavy atom. The summed E-state index contributed by atoms with van der Waals surface area (Å²) in [5, 5.41) is 43.2. The molecule has 6 amide bonds. The van der Waals surface area contributed by atoms with Crippen molar-refractivity contribution in [2.75, 3.05) is 72.0 Å². The van der Waals surface area contributed by atoms with Crippen molar-refractivity contribution in [3.05, 3.63) is 157 Å². The van der Waals surface area contributed by atoms with Gasteiger partial charge in [-0.25, -0.2) is 0 Å². The number of benzene rings is 5. The van der Waals surface area contributed by atoms with E-state index in [2.05, 4.69) is 12.6 Å². The Hall–Kier alpha value is -7.52. The number of nitriles is 1. The van der Waals surface area contributed by atoms with E-state index < -0.39 is 29.7 Å². The molecule has 0 bridgehead atoms. The zero-order valence-corrected chi connectivity index (χ0v) is 44.0. The summed E-state index contributed by atoms with van der Waals surface area (Å²) in [6.45, 7) is 5.49. The molecule has 1 atom stereocenters. The van der Waals surface area contributed by atoms with Gasteiger partial charge in [-0.3, -0.25) is 28.8 Å². The van der Waals surface area contributed by atoms with Crippen LogP contribution in [0, 0.1) is 11.3 Å². The second kappa shape index (κ2) is 23.6. The van der Waals surface area contributed by atoms with E-state index in [9.17, 15) is 49.3 Å². The van der Waals surface area contributed by atoms with Gasteiger partial charge in [-0.2, -0.15) is 5.26 Å². The summed E-state index contributed by atoms with van der Waals surface area (Å²) in [6.07, 6.45) is 7.09. The van der Waals surface area contributed by atoms with Crippen LogP contribution in [-0.2, 0) is 14.4 Å². The number of aromatic hydroxyl groups is 3. The Morgan fingerprint density at radius 2 is 0.961 bits per heavy atom. The van der Waals surface area contributed by atoms with E-state index in [-0.39, 0.29) is 125 Å². The quantitative estimate of drug-likeness (QED) is 0.113. The highest BCUT2D eigenvalue weighted by molar-refractivity contribution is 6.42. The van der Waals surface area contributed by atoms with Crippen molar-refractivity contribution in [2.45, 2.75) is 6.04 Å². The molecule has 0 saturated carbocycles. The number of nitrogens with zero attached hydrogens (tertiary/aromatic N) is 7. The summed E-state index contributed by atoms with van der Waals surface area (Å²) in [6, 6.07) is 21.0. The van der Waals surface area contributed by atoms with E-state index in [0.29, 0.717) is 51.5 Å². The maximum absolute atomic E-state index is 13.7. The average Bonchev–Trinajstić information content (AvgIpc) is 3.43. The van der Waals surface area contributed by atoms with Crippen molar-refractivity contribution < 1.29 is 44.1 Å². The molecule has 21 heteroatoms. The van der Waals surface area contributed by atoms with Crippen LogP contribution in [0.3, 0.4) is 0 Å². The molecule has 5 aromatic rings. The molecule has 0 aliphatic carbocycles. The average molecular weight is 1130 g/mol. The van der Waals surface area contributed by atoms with Gasteiger partial charge in [0.05, 0.1) is 39.3 Å². The first-order chi connectivity index (χ1) is 36.3. The standard InChI is InChI=1S/C55H46Cl5N7O9/c1-2-50(71)62-12-16-64(17-13-62)54(75)40-25-44(58)38(28-48(40)69)37-23-33(6-9-42(37)56)7-10-51(72)63-14-18-65(19-15-63)53(74)39-24-43(57)36(27-47(39)68)34-5-3-4-32(22-34)8-11-52(73)67-21-20-66(31-35(67)30-61)55(76)41-26-45(59)46(60)29-49(41)70/h2-11,22-29,35,68-70H,1,12-21,31H2/b10-7+,11-8+. The number of amides is 6. The second-order valence-corrected chi connectivity index (χ2v) is 19.9. The summed E-state index contributed by atoms with van der Waals surface area (Å²) in [5.74, 6) is -3.45. The number of piperazine rings is 3. The van der Waals surface area contributed by atoms with E-state index >= 15 is 0 Å². The lowest BCUT2D eigenvalue weighted by atomic mass is 9.99. The summed E-state index contributed by atoms with van der Waals surface area (Å²) >= 11 is 32.0. The monoisotopic (exact) mass is 1120 g/mol. The van der Waals surface area contributed by atoms with Crippen LogP contribution in [-0.4, -0.2) is 158 Å². The normalized spacial score (nSPS) is 16.0. The van der Waals surface area contributed by atoms with Crippen molar-refractivity contribution in [3.63, 3.8) is 0 Å². The Bertz CT molecular complexity index is 3310. The van der Waals surface area contributed by atoms with Gasteiger partial charge in [-0.05, 0) is 83.4 Å². The molecule has 3 saturated heterocycles. The molecule has 3 aliphatic rings. The lowest BCUT2D eigenvalue weighted by Crippen LogP contribution is -2.55. The van der Waals surface area contributed by atoms with Gasteiger partial charge >= 0.3 is 0 Å². The van der Waals surface area contributed by atoms with Crippen LogP contribution < -0.4 is 0 Å². The van der Waals surface area contributed by atoms with E-state index in [4.69, 9.17) is 58.0 Å². The zero-order valence-electron chi connectivity index (χ0n) is 40.3. The third kappa shape index (κ3) is 11.9. The SMILES string of the molecule is C=CC(=O)N1CCN(C(=O)c2cc(Cl)c(-c3cc(/C=C/C(=O)N4CCN(C(=O)c5cc(Cl)c(-c6cccc(/C=C/C(=O)N7CCN(C(=O)c8cc(Cl)c(Cl)cc8O)CC7C#N)c6)cc5O)CC4)ccc3Cl)cc2O)CC1. The molecule has 76 heavy (non-hydrogen) atoms. The summed E-state index contributed by atoms with van der Waals surface area (Å²) in [7, 11) is 0. The third-order valence-electron chi connectivity index (χ3n) is 13.2. The van der Waals surface area contributed by atoms with Crippen molar-refractivity contribution in [1.82, 2.24) is 29.4 Å². The zero-order chi connectivity index (χ0) is 54.5. The first-order valence-electron chi connectivity index (χ1n) is 23.6. The van der Waals surface area contributed by atoms with Gasteiger partial charge in [0.15, 0.2) is 0 Å². The molecule has 0 radical (unpaired) electrons. The fourth-order valence-electron chi connectivity index (χ4n) is 9.04. The maximum Gasteiger partial charge on any atom is 0.257 e. The molecule has 3 aliphatic heterocycles. The van der Waals surface area contributed by atoms with Gasteiger partial charge in [0.1, 0.15) is 23.3 Å². The van der Waals surface area contributed by atoms with E-state index in [1.165, 1.54) is 68.2 Å². The Kier molecular flexibility index (Phi) is 17.0. The van der Waals surface area contributed by atoms with Crippen LogP contribution in [0.2, 0.25) is 25.1 Å². The predicted octanol–water partition coefficient (Wildman–Crippen LogP) is 8.76. The number of carbonyl (C=O) groups excluding carboxylic acids is 6. The molecule has 5 aromatic carbocycles. The third-order valence-corrected chi connectivity index (χ3v) is 14.9. The van der Waals surface area contributed by atoms with E-state index in [0.717, 1.165) is 6.07 Å². The van der Waals surface area contributed by atoms with Crippen LogP contribution >= 0.6 is 58.0 Å². The van der Waals surface area contributed by atoms with Gasteiger partial charge < -0.3 is 44.7 Å². The minimum atomic E-state index is -0.976. The molecule has 8 rings (SSSR count). The molecule has 16 nitrogen and oxygen atoms in total. The van der Waals surface area contributed by atoms with Crippen molar-refractivity contribution >= 4 is 106 Å². The number of phenols is 3. The fourth-order valence-corrected chi connectivity index (χ4v) is 10.1. The van der Waals surface area contributed by atoms with Gasteiger partial charge in [0, 0.05) is 115 Å². The first kappa shape index (κ1) is 54.7. The minimum absolute atomic E-state index is 0.00223. The van der Waals surface area contributed by atoms with Gasteiger partial charge in [0.25, 0.3) is 17.7 Å². The molecular weight excluding hydrogens is 1080 g/mol. The van der Waals surface area contributed by atoms with Crippen LogP contribution in [0.1, 0.15) is 42.2 Å². The highest BCUT2D eigenvalue weighted by atomic mass is 35.5. The van der Waals surface area contributed by atoms with Crippen LogP contribution in [0.25, 0.3) is 34.4 Å². The smallest absolute Gasteiger partial charge is 0.257 e. The highest BCUT2D eigenvalue weighted by Crippen LogP contribution is 2.39. The summed E-state index contributed by atoms with van der Waals surface area (Å²) in [4.78, 5) is 87.9. The molecule has 0 aromatic heterocycles. The Labute approximate surface area is 462 Å². The number of hydrogen-bond donors (Lipinski definition) is 3. The number of halogens is 5. The summed E-state index contributed by atoms with van der Waals surface area (Å²) in [5.41, 5.74) is 2.90. The topological polar surface area (TPSA) is 206 Å². The molecule has 3 fully saturated rings. The number of hydrogen-bond acceptors (Lipinski definition) is 10. The van der Waals surface area contributed by atoms with Crippen molar-refractivity contribution in [3.8, 4) is 45.6 Å². The minimum Gasteiger partial charge on any atom is -0.507 e. The number of rotatable bonds is 10. The number of carbonyl (C=O) groups is 6. The lowest BCUT2D eigenvalue weighted by Gasteiger charge is -2.37. The predicted molar refractivity (Wildman–Crippen MR) is 290 cm³/mol. The first-order valence-corrected chi connectivity index (χ1v) is 25.5.